The smallest absolute Gasteiger partial charge is 0.223 e. The number of sulfonamides is 1. The predicted octanol–water partition coefficient (Wildman–Crippen LogP) is 1.03. The van der Waals surface area contributed by atoms with Crippen LogP contribution >= 0.6 is 0 Å². The molecule has 2 fully saturated rings. The number of amides is 1. The first-order valence-corrected chi connectivity index (χ1v) is 12.2. The maximum atomic E-state index is 12.4. The average Bonchev–Trinajstić information content (AvgIpc) is 3.12. The first-order valence-electron chi connectivity index (χ1n) is 10.6. The largest absolute Gasteiger partial charge is 0.383 e. The van der Waals surface area contributed by atoms with Crippen LogP contribution < -0.4 is 4.90 Å². The second-order valence-electron chi connectivity index (χ2n) is 8.21. The summed E-state index contributed by atoms with van der Waals surface area (Å²) in [6, 6.07) is 1.97. The van der Waals surface area contributed by atoms with Gasteiger partial charge in [0.25, 0.3) is 0 Å². The lowest BCUT2D eigenvalue weighted by Crippen LogP contribution is -2.39. The van der Waals surface area contributed by atoms with Gasteiger partial charge in [0.05, 0.1) is 18.1 Å². The zero-order valence-electron chi connectivity index (χ0n) is 18.4. The van der Waals surface area contributed by atoms with E-state index in [-0.39, 0.29) is 23.5 Å². The highest BCUT2D eigenvalue weighted by Gasteiger charge is 2.33. The van der Waals surface area contributed by atoms with Crippen LogP contribution in [0.1, 0.15) is 49.5 Å². The number of anilines is 1. The van der Waals surface area contributed by atoms with Crippen LogP contribution in [0, 0.1) is 0 Å². The Morgan fingerprint density at radius 3 is 2.50 bits per heavy atom. The summed E-state index contributed by atoms with van der Waals surface area (Å²) in [5, 5.41) is 0. The van der Waals surface area contributed by atoms with Gasteiger partial charge in [-0.1, -0.05) is 0 Å². The van der Waals surface area contributed by atoms with E-state index in [0.29, 0.717) is 52.0 Å². The Hall–Kier alpha value is -1.78. The van der Waals surface area contributed by atoms with E-state index in [0.717, 1.165) is 17.3 Å². The molecule has 0 spiro atoms. The van der Waals surface area contributed by atoms with Crippen molar-refractivity contribution in [2.75, 3.05) is 64.6 Å². The zero-order valence-corrected chi connectivity index (χ0v) is 19.2. The van der Waals surface area contributed by atoms with Crippen molar-refractivity contribution in [1.82, 2.24) is 19.2 Å². The van der Waals surface area contributed by atoms with Gasteiger partial charge in [-0.25, -0.2) is 22.7 Å². The standard InChI is InChI=1S/C20H33N5O4S/c1-5-30(27,28)25-8-6-15(7-9-25)20-21-17(13-18(22-20)23(2)3)16-12-19(26)24(14-16)10-11-29-4/h13,15-16H,5-12,14H2,1-4H3/t16-/m1/s1. The number of carbonyl (C=O) groups excluding carboxylic acids is 1. The molecular weight excluding hydrogens is 406 g/mol. The highest BCUT2D eigenvalue weighted by molar-refractivity contribution is 7.89. The Labute approximate surface area is 179 Å². The molecular formula is C20H33N5O4S. The molecule has 30 heavy (non-hydrogen) atoms. The topological polar surface area (TPSA) is 95.9 Å². The normalized spacial score (nSPS) is 21.4. The van der Waals surface area contributed by atoms with Gasteiger partial charge in [-0.15, -0.1) is 0 Å². The summed E-state index contributed by atoms with van der Waals surface area (Å²) in [4.78, 5) is 25.8. The van der Waals surface area contributed by atoms with Crippen LogP contribution in [0.15, 0.2) is 6.07 Å². The van der Waals surface area contributed by atoms with Crippen LogP contribution in [0.3, 0.4) is 0 Å². The highest BCUT2D eigenvalue weighted by atomic mass is 32.2. The van der Waals surface area contributed by atoms with Gasteiger partial charge in [0.1, 0.15) is 11.6 Å². The Balaban J connectivity index is 1.78. The zero-order chi connectivity index (χ0) is 21.9. The minimum absolute atomic E-state index is 0.0374. The second kappa shape index (κ2) is 9.57. The van der Waals surface area contributed by atoms with Crippen molar-refractivity contribution in [2.24, 2.45) is 0 Å². The minimum Gasteiger partial charge on any atom is -0.383 e. The Bertz CT molecular complexity index is 853. The van der Waals surface area contributed by atoms with Gasteiger partial charge >= 0.3 is 0 Å². The second-order valence-corrected chi connectivity index (χ2v) is 10.5. The van der Waals surface area contributed by atoms with Gasteiger partial charge < -0.3 is 14.5 Å². The number of aromatic nitrogens is 2. The third-order valence-electron chi connectivity index (χ3n) is 5.98. The quantitative estimate of drug-likeness (QED) is 0.597. The molecule has 9 nitrogen and oxygen atoms in total. The van der Waals surface area contributed by atoms with Crippen molar-refractivity contribution in [3.05, 3.63) is 17.6 Å². The third kappa shape index (κ3) is 5.09. The monoisotopic (exact) mass is 439 g/mol. The van der Waals surface area contributed by atoms with E-state index < -0.39 is 10.0 Å². The van der Waals surface area contributed by atoms with E-state index in [1.165, 1.54) is 0 Å². The summed E-state index contributed by atoms with van der Waals surface area (Å²) in [5.74, 6) is 1.99. The molecule has 10 heteroatoms. The molecule has 1 aromatic rings. The van der Waals surface area contributed by atoms with Crippen LogP contribution in [0.25, 0.3) is 0 Å². The summed E-state index contributed by atoms with van der Waals surface area (Å²) >= 11 is 0. The van der Waals surface area contributed by atoms with Crippen LogP contribution in [-0.4, -0.2) is 93.2 Å². The molecule has 0 N–H and O–H groups in total. The number of hydrogen-bond acceptors (Lipinski definition) is 7. The molecule has 1 amide bonds. The summed E-state index contributed by atoms with van der Waals surface area (Å²) in [6.45, 7) is 4.43. The van der Waals surface area contributed by atoms with E-state index >= 15 is 0 Å². The number of ether oxygens (including phenoxy) is 1. The Morgan fingerprint density at radius 2 is 1.90 bits per heavy atom. The summed E-state index contributed by atoms with van der Waals surface area (Å²) < 4.78 is 31.0. The van der Waals surface area contributed by atoms with E-state index in [1.807, 2.05) is 30.0 Å². The number of likely N-dealkylation sites (tertiary alicyclic amines) is 1. The fourth-order valence-corrected chi connectivity index (χ4v) is 5.19. The Morgan fingerprint density at radius 1 is 1.20 bits per heavy atom. The van der Waals surface area contributed by atoms with Crippen molar-refractivity contribution in [3.8, 4) is 0 Å². The van der Waals surface area contributed by atoms with E-state index in [1.54, 1.807) is 18.3 Å². The van der Waals surface area contributed by atoms with Crippen molar-refractivity contribution in [1.29, 1.82) is 0 Å². The maximum absolute atomic E-state index is 12.4. The van der Waals surface area contributed by atoms with Crippen molar-refractivity contribution >= 4 is 21.7 Å². The van der Waals surface area contributed by atoms with Gasteiger partial charge in [-0.2, -0.15) is 0 Å². The number of piperidine rings is 1. The van der Waals surface area contributed by atoms with E-state index in [4.69, 9.17) is 14.7 Å². The van der Waals surface area contributed by atoms with E-state index in [2.05, 4.69) is 0 Å². The fraction of sp³-hybridized carbons (Fsp3) is 0.750. The van der Waals surface area contributed by atoms with Gasteiger partial charge in [-0.05, 0) is 19.8 Å². The number of rotatable bonds is 8. The molecule has 0 bridgehead atoms. The first kappa shape index (κ1) is 22.9. The number of carbonyl (C=O) groups is 1. The molecule has 1 atom stereocenters. The molecule has 3 rings (SSSR count). The molecule has 2 saturated heterocycles. The lowest BCUT2D eigenvalue weighted by molar-refractivity contribution is -0.128. The lowest BCUT2D eigenvalue weighted by Gasteiger charge is -2.30. The SMILES string of the molecule is CCS(=O)(=O)N1CCC(c2nc([C@@H]3CC(=O)N(CCOC)C3)cc(N(C)C)n2)CC1. The van der Waals surface area contributed by atoms with Crippen LogP contribution in [0.2, 0.25) is 0 Å². The summed E-state index contributed by atoms with van der Waals surface area (Å²) in [7, 11) is 2.36. The molecule has 2 aliphatic rings. The van der Waals surface area contributed by atoms with Gasteiger partial charge in [0.2, 0.25) is 15.9 Å². The molecule has 0 aromatic carbocycles. The fourth-order valence-electron chi connectivity index (χ4n) is 4.05. The maximum Gasteiger partial charge on any atom is 0.223 e. The molecule has 0 unspecified atom stereocenters. The van der Waals surface area contributed by atoms with Crippen molar-refractivity contribution in [3.63, 3.8) is 0 Å². The van der Waals surface area contributed by atoms with Crippen molar-refractivity contribution < 1.29 is 17.9 Å². The highest BCUT2D eigenvalue weighted by Crippen LogP contribution is 2.32. The van der Waals surface area contributed by atoms with Crippen LogP contribution in [-0.2, 0) is 19.6 Å². The summed E-state index contributed by atoms with van der Waals surface area (Å²) in [5.41, 5.74) is 0.889. The third-order valence-corrected chi connectivity index (χ3v) is 7.86. The first-order chi connectivity index (χ1) is 14.2. The van der Waals surface area contributed by atoms with E-state index in [9.17, 15) is 13.2 Å². The number of hydrogen-bond donors (Lipinski definition) is 0. The summed E-state index contributed by atoms with van der Waals surface area (Å²) in [6.07, 6.45) is 1.86. The minimum atomic E-state index is -3.16. The molecule has 0 saturated carbocycles. The average molecular weight is 440 g/mol. The van der Waals surface area contributed by atoms with Crippen LogP contribution in [0.5, 0.6) is 0 Å². The lowest BCUT2D eigenvalue weighted by atomic mass is 9.96. The van der Waals surface area contributed by atoms with Gasteiger partial charge in [-0.3, -0.25) is 4.79 Å². The molecule has 168 valence electrons. The number of nitrogens with zero attached hydrogens (tertiary/aromatic N) is 5. The molecule has 0 aliphatic carbocycles. The predicted molar refractivity (Wildman–Crippen MR) is 115 cm³/mol. The van der Waals surface area contributed by atoms with Gasteiger partial charge in [0.15, 0.2) is 0 Å². The molecule has 0 radical (unpaired) electrons. The molecule has 1 aromatic heterocycles. The molecule has 2 aliphatic heterocycles. The van der Waals surface area contributed by atoms with Gasteiger partial charge in [0, 0.05) is 71.7 Å². The Kier molecular flexibility index (Phi) is 7.30. The van der Waals surface area contributed by atoms with Crippen molar-refractivity contribution in [2.45, 2.75) is 38.0 Å². The van der Waals surface area contributed by atoms with Crippen LogP contribution in [0.4, 0.5) is 5.82 Å². The number of methoxy groups -OCH3 is 1. The molecule has 3 heterocycles.